The number of carbonyl (C=O) groups excluding carboxylic acids is 2. The number of imidazole rings is 1. The molecule has 0 aliphatic carbocycles. The van der Waals surface area contributed by atoms with Crippen LogP contribution in [0.15, 0.2) is 61.1 Å². The van der Waals surface area contributed by atoms with Gasteiger partial charge in [-0.05, 0) is 30.7 Å². The lowest BCUT2D eigenvalue weighted by molar-refractivity contribution is -0.157. The Morgan fingerprint density at radius 3 is 2.46 bits per heavy atom. The number of hydrogen-bond donors (Lipinski definition) is 2. The lowest BCUT2D eigenvalue weighted by atomic mass is 9.73. The number of fused-ring (bicyclic) bond motifs is 1. The minimum absolute atomic E-state index is 0.0273. The molecule has 3 amide bonds. The molecule has 0 radical (unpaired) electrons. The SMILES string of the molecule is COc1nc(-c2cccc(-c3ccnc(-c4cc(OC)c5nc(CN6CC7(C6)CN(C(C)=O)C7)cn5c4)c3Cl)c2Cl)ccc1CN(CC1CCC(=O)N1)C(=O)O. The average molecular weight is 800 g/mol. The number of amides is 3. The highest BCUT2D eigenvalue weighted by Crippen LogP contribution is 2.43. The van der Waals surface area contributed by atoms with E-state index < -0.39 is 6.09 Å². The molecule has 8 rings (SSSR count). The second kappa shape index (κ2) is 14.9. The second-order valence-corrected chi connectivity index (χ2v) is 15.6. The van der Waals surface area contributed by atoms with E-state index in [1.54, 1.807) is 32.4 Å². The molecule has 3 aliphatic heterocycles. The fourth-order valence-electron chi connectivity index (χ4n) is 8.11. The van der Waals surface area contributed by atoms with Gasteiger partial charge in [-0.2, -0.15) is 0 Å². The van der Waals surface area contributed by atoms with Gasteiger partial charge >= 0.3 is 6.09 Å². The van der Waals surface area contributed by atoms with E-state index in [1.807, 2.05) is 52.0 Å². The molecule has 1 aromatic carbocycles. The topological polar surface area (TPSA) is 155 Å². The predicted molar refractivity (Wildman–Crippen MR) is 210 cm³/mol. The van der Waals surface area contributed by atoms with E-state index in [1.165, 1.54) is 12.0 Å². The standard InChI is InChI=1S/C40H40Cl2N8O6/c1-23(51)50-21-40(22-50)19-47(20-40)16-27-18-48-15-25(13-32(55-2)37(48)45-27)36-35(42)29(11-12-43-36)28-5-4-6-30(34(28)41)31-9-7-24(38(46-31)56-3)14-49(39(53)54)17-26-8-10-33(52)44-26/h4-7,9,11-13,15,18,26H,8,10,14,16-17,19-22H2,1-3H3,(H,44,52)(H,53,54). The maximum atomic E-state index is 12.1. The number of ether oxygens (including phenoxy) is 2. The molecule has 7 heterocycles. The summed E-state index contributed by atoms with van der Waals surface area (Å²) in [5.74, 6) is 0.888. The second-order valence-electron chi connectivity index (χ2n) is 14.8. The van der Waals surface area contributed by atoms with Crippen LogP contribution >= 0.6 is 23.2 Å². The summed E-state index contributed by atoms with van der Waals surface area (Å²) >= 11 is 14.3. The number of carbonyl (C=O) groups is 3. The number of benzene rings is 1. The number of likely N-dealkylation sites (tertiary alicyclic amines) is 2. The quantitative estimate of drug-likeness (QED) is 0.166. The molecule has 1 unspecified atom stereocenters. The fraction of sp³-hybridized carbons (Fsp3) is 0.350. The molecule has 1 spiro atoms. The highest BCUT2D eigenvalue weighted by Gasteiger charge is 2.52. The minimum Gasteiger partial charge on any atom is -0.493 e. The predicted octanol–water partition coefficient (Wildman–Crippen LogP) is 5.87. The van der Waals surface area contributed by atoms with Gasteiger partial charge in [0.05, 0.1) is 47.9 Å². The summed E-state index contributed by atoms with van der Waals surface area (Å²) in [4.78, 5) is 55.2. The van der Waals surface area contributed by atoms with Crippen LogP contribution in [0.5, 0.6) is 11.6 Å². The average Bonchev–Trinajstić information content (AvgIpc) is 3.76. The largest absolute Gasteiger partial charge is 0.493 e. The van der Waals surface area contributed by atoms with Gasteiger partial charge in [-0.1, -0.05) is 41.4 Å². The third-order valence-electron chi connectivity index (χ3n) is 10.8. The van der Waals surface area contributed by atoms with Crippen LogP contribution in [-0.2, 0) is 22.7 Å². The molecular formula is C40H40Cl2N8O6. The van der Waals surface area contributed by atoms with Gasteiger partial charge in [0.15, 0.2) is 11.4 Å². The first-order valence-corrected chi connectivity index (χ1v) is 19.0. The lowest BCUT2D eigenvalue weighted by Gasteiger charge is -2.60. The van der Waals surface area contributed by atoms with Crippen molar-refractivity contribution in [2.24, 2.45) is 5.41 Å². The van der Waals surface area contributed by atoms with Crippen LogP contribution in [0.25, 0.3) is 39.3 Å². The number of methoxy groups -OCH3 is 2. The van der Waals surface area contributed by atoms with Gasteiger partial charge < -0.3 is 34.1 Å². The lowest BCUT2D eigenvalue weighted by Crippen LogP contribution is -2.72. The molecule has 4 aromatic heterocycles. The Morgan fingerprint density at radius 2 is 1.77 bits per heavy atom. The molecule has 0 bridgehead atoms. The van der Waals surface area contributed by atoms with Crippen molar-refractivity contribution in [2.45, 2.75) is 38.9 Å². The number of aromatic nitrogens is 4. The van der Waals surface area contributed by atoms with Crippen molar-refractivity contribution in [1.82, 2.24) is 39.4 Å². The number of halogens is 2. The number of rotatable bonds is 11. The number of pyridine rings is 3. The first kappa shape index (κ1) is 37.5. The summed E-state index contributed by atoms with van der Waals surface area (Å²) in [7, 11) is 3.09. The highest BCUT2D eigenvalue weighted by atomic mass is 35.5. The fourth-order valence-corrected chi connectivity index (χ4v) is 8.75. The molecule has 290 valence electrons. The van der Waals surface area contributed by atoms with E-state index in [2.05, 4.69) is 15.2 Å². The first-order valence-electron chi connectivity index (χ1n) is 18.2. The van der Waals surface area contributed by atoms with Gasteiger partial charge in [0.1, 0.15) is 0 Å². The Bertz CT molecular complexity index is 2370. The van der Waals surface area contributed by atoms with E-state index >= 15 is 0 Å². The zero-order valence-electron chi connectivity index (χ0n) is 31.1. The Balaban J connectivity index is 1.04. The Morgan fingerprint density at radius 1 is 1.00 bits per heavy atom. The summed E-state index contributed by atoms with van der Waals surface area (Å²) < 4.78 is 13.3. The smallest absolute Gasteiger partial charge is 0.407 e. The van der Waals surface area contributed by atoms with Crippen molar-refractivity contribution in [3.05, 3.63) is 82.4 Å². The van der Waals surface area contributed by atoms with Crippen molar-refractivity contribution in [1.29, 1.82) is 0 Å². The Hall–Kier alpha value is -5.44. The van der Waals surface area contributed by atoms with E-state index in [0.29, 0.717) is 74.5 Å². The van der Waals surface area contributed by atoms with Gasteiger partial charge in [-0.3, -0.25) is 19.5 Å². The number of nitrogens with one attached hydrogen (secondary N) is 1. The van der Waals surface area contributed by atoms with E-state index in [0.717, 1.165) is 37.4 Å². The molecule has 0 saturated carbocycles. The summed E-state index contributed by atoms with van der Waals surface area (Å²) in [6, 6.07) is 12.6. The third kappa shape index (κ3) is 7.08. The third-order valence-corrected chi connectivity index (χ3v) is 11.6. The highest BCUT2D eigenvalue weighted by molar-refractivity contribution is 6.39. The van der Waals surface area contributed by atoms with Crippen LogP contribution in [0.4, 0.5) is 4.79 Å². The van der Waals surface area contributed by atoms with Crippen LogP contribution in [0.2, 0.25) is 10.0 Å². The van der Waals surface area contributed by atoms with Crippen molar-refractivity contribution in [3.8, 4) is 45.3 Å². The van der Waals surface area contributed by atoms with Crippen LogP contribution in [0, 0.1) is 5.41 Å². The summed E-state index contributed by atoms with van der Waals surface area (Å²) in [6.07, 6.45) is 5.47. The maximum absolute atomic E-state index is 12.1. The normalized spacial score (nSPS) is 17.4. The van der Waals surface area contributed by atoms with Crippen LogP contribution in [0.3, 0.4) is 0 Å². The zero-order chi connectivity index (χ0) is 39.3. The van der Waals surface area contributed by atoms with Gasteiger partial charge in [0.25, 0.3) is 0 Å². The van der Waals surface area contributed by atoms with Crippen LogP contribution in [-0.4, -0.2) is 110 Å². The van der Waals surface area contributed by atoms with Crippen molar-refractivity contribution < 1.29 is 29.0 Å². The number of nitrogens with zero attached hydrogens (tertiary/aromatic N) is 7. The molecule has 16 heteroatoms. The molecule has 3 aliphatic rings. The molecule has 1 atom stereocenters. The zero-order valence-corrected chi connectivity index (χ0v) is 32.6. The minimum atomic E-state index is -1.11. The van der Waals surface area contributed by atoms with Crippen molar-refractivity contribution in [2.75, 3.05) is 46.9 Å². The summed E-state index contributed by atoms with van der Waals surface area (Å²) in [5, 5.41) is 13.5. The van der Waals surface area contributed by atoms with Gasteiger partial charge in [-0.15, -0.1) is 0 Å². The molecular weight excluding hydrogens is 759 g/mol. The molecule has 3 saturated heterocycles. The number of hydrogen-bond acceptors (Lipinski definition) is 9. The van der Waals surface area contributed by atoms with Gasteiger partial charge in [0.2, 0.25) is 17.7 Å². The first-order chi connectivity index (χ1) is 26.9. The van der Waals surface area contributed by atoms with Gasteiger partial charge in [-0.25, -0.2) is 14.8 Å². The Kier molecular flexibility index (Phi) is 9.97. The summed E-state index contributed by atoms with van der Waals surface area (Å²) in [5.41, 5.74) is 6.12. The van der Waals surface area contributed by atoms with Gasteiger partial charge in [0, 0.05) is 110 Å². The molecule has 56 heavy (non-hydrogen) atoms. The van der Waals surface area contributed by atoms with Crippen LogP contribution in [0.1, 0.15) is 31.0 Å². The number of carboxylic acid groups (broad SMARTS) is 1. The molecule has 2 N–H and O–H groups in total. The van der Waals surface area contributed by atoms with E-state index in [-0.39, 0.29) is 42.2 Å². The summed E-state index contributed by atoms with van der Waals surface area (Å²) in [6.45, 7) is 6.01. The van der Waals surface area contributed by atoms with Crippen LogP contribution < -0.4 is 14.8 Å². The molecule has 14 nitrogen and oxygen atoms in total. The monoisotopic (exact) mass is 798 g/mol. The maximum Gasteiger partial charge on any atom is 0.407 e. The van der Waals surface area contributed by atoms with E-state index in [9.17, 15) is 19.5 Å². The molecule has 3 fully saturated rings. The van der Waals surface area contributed by atoms with Crippen molar-refractivity contribution >= 4 is 46.8 Å². The van der Waals surface area contributed by atoms with E-state index in [4.69, 9.17) is 42.6 Å². The molecule has 5 aromatic rings. The van der Waals surface area contributed by atoms with Crippen molar-refractivity contribution in [3.63, 3.8) is 0 Å². The Labute approximate surface area is 333 Å².